The first-order valence-corrected chi connectivity index (χ1v) is 5.33. The van der Waals surface area contributed by atoms with E-state index in [4.69, 9.17) is 0 Å². The average Bonchev–Trinajstić information content (AvgIpc) is 2.02. The Bertz CT molecular complexity index is 134. The molecule has 0 aliphatic rings. The summed E-state index contributed by atoms with van der Waals surface area (Å²) in [7, 11) is 0. The Morgan fingerprint density at radius 2 is 1.92 bits per heavy atom. The first-order valence-electron chi connectivity index (χ1n) is 4.34. The van der Waals surface area contributed by atoms with Gasteiger partial charge in [-0.1, -0.05) is 24.6 Å². The Kier molecular flexibility index (Phi) is 8.56. The van der Waals surface area contributed by atoms with Gasteiger partial charge in [0.1, 0.15) is 6.29 Å². The van der Waals surface area contributed by atoms with E-state index in [1.807, 2.05) is 0 Å². The highest BCUT2D eigenvalue weighted by atomic mass is 32.2. The number of aldehydes is 1. The van der Waals surface area contributed by atoms with Gasteiger partial charge in [-0.05, 0) is 12.8 Å². The van der Waals surface area contributed by atoms with Crippen molar-refractivity contribution in [3.05, 3.63) is 0 Å². The van der Waals surface area contributed by atoms with Gasteiger partial charge in [-0.3, -0.25) is 4.79 Å². The topological polar surface area (TPSA) is 34.1 Å². The molecule has 0 saturated carbocycles. The maximum Gasteiger partial charge on any atom is 0.185 e. The summed E-state index contributed by atoms with van der Waals surface area (Å²) in [5.41, 5.74) is 0. The first-order chi connectivity index (χ1) is 5.77. The van der Waals surface area contributed by atoms with Crippen LogP contribution >= 0.6 is 11.8 Å². The third-order valence-corrected chi connectivity index (χ3v) is 2.42. The average molecular weight is 188 g/mol. The molecule has 0 amide bonds. The molecule has 0 aromatic rings. The monoisotopic (exact) mass is 188 g/mol. The molecule has 0 radical (unpaired) electrons. The summed E-state index contributed by atoms with van der Waals surface area (Å²) >= 11 is 1.39. The second-order valence-corrected chi connectivity index (χ2v) is 3.98. The molecule has 0 aromatic heterocycles. The number of thioether (sulfide) groups is 1. The van der Waals surface area contributed by atoms with E-state index in [0.29, 0.717) is 6.42 Å². The van der Waals surface area contributed by atoms with Gasteiger partial charge in [-0.15, -0.1) is 0 Å². The molecule has 0 bridgehead atoms. The molecule has 70 valence electrons. The lowest BCUT2D eigenvalue weighted by molar-refractivity contribution is -0.109. The Morgan fingerprint density at radius 3 is 2.50 bits per heavy atom. The van der Waals surface area contributed by atoms with Crippen LogP contribution in [0.1, 0.15) is 39.0 Å². The van der Waals surface area contributed by atoms with Gasteiger partial charge in [-0.2, -0.15) is 0 Å². The number of hydrogen-bond acceptors (Lipinski definition) is 3. The minimum atomic E-state index is 0.197. The molecule has 0 N–H and O–H groups in total. The molecular formula is C9H16O2S. The molecule has 0 heterocycles. The number of carbonyl (C=O) groups is 2. The molecule has 0 saturated heterocycles. The first kappa shape index (κ1) is 11.7. The van der Waals surface area contributed by atoms with Gasteiger partial charge in [0.2, 0.25) is 0 Å². The van der Waals surface area contributed by atoms with E-state index in [-0.39, 0.29) is 5.12 Å². The van der Waals surface area contributed by atoms with Crippen molar-refractivity contribution < 1.29 is 9.59 Å². The predicted molar refractivity (Wildman–Crippen MR) is 52.3 cm³/mol. The molecule has 0 rings (SSSR count). The van der Waals surface area contributed by atoms with Crippen LogP contribution in [0.4, 0.5) is 0 Å². The quantitative estimate of drug-likeness (QED) is 0.454. The highest BCUT2D eigenvalue weighted by Crippen LogP contribution is 2.08. The third kappa shape index (κ3) is 9.69. The molecule has 0 aliphatic carbocycles. The van der Waals surface area contributed by atoms with E-state index in [9.17, 15) is 9.59 Å². The summed E-state index contributed by atoms with van der Waals surface area (Å²) < 4.78 is 0. The van der Waals surface area contributed by atoms with Gasteiger partial charge in [0.05, 0.1) is 0 Å². The van der Waals surface area contributed by atoms with Gasteiger partial charge in [0, 0.05) is 19.1 Å². The van der Waals surface area contributed by atoms with Crippen LogP contribution in [0.25, 0.3) is 0 Å². The van der Waals surface area contributed by atoms with Crippen molar-refractivity contribution in [3.63, 3.8) is 0 Å². The summed E-state index contributed by atoms with van der Waals surface area (Å²) in [6.07, 6.45) is 5.97. The molecule has 0 aromatic carbocycles. The SMILES string of the molecule is CC(=O)SCCCCCCC=O. The van der Waals surface area contributed by atoms with E-state index in [1.54, 1.807) is 6.92 Å². The molecule has 0 aliphatic heterocycles. The summed E-state index contributed by atoms with van der Waals surface area (Å²) in [4.78, 5) is 20.4. The fourth-order valence-electron chi connectivity index (χ4n) is 0.899. The van der Waals surface area contributed by atoms with Crippen molar-refractivity contribution in [2.45, 2.75) is 39.0 Å². The highest BCUT2D eigenvalue weighted by Gasteiger charge is 1.93. The normalized spacial score (nSPS) is 9.75. The zero-order valence-electron chi connectivity index (χ0n) is 7.54. The highest BCUT2D eigenvalue weighted by molar-refractivity contribution is 8.13. The van der Waals surface area contributed by atoms with Crippen molar-refractivity contribution in [2.24, 2.45) is 0 Å². The lowest BCUT2D eigenvalue weighted by atomic mass is 10.2. The van der Waals surface area contributed by atoms with Crippen LogP contribution in [0.15, 0.2) is 0 Å². The molecule has 0 atom stereocenters. The Balaban J connectivity index is 2.90. The molecule has 0 unspecified atom stereocenters. The third-order valence-electron chi connectivity index (χ3n) is 1.52. The van der Waals surface area contributed by atoms with Crippen LogP contribution < -0.4 is 0 Å². The fourth-order valence-corrected chi connectivity index (χ4v) is 1.54. The van der Waals surface area contributed by atoms with E-state index >= 15 is 0 Å². The smallest absolute Gasteiger partial charge is 0.185 e. The Hall–Kier alpha value is -0.310. The molecule has 0 fully saturated rings. The maximum atomic E-state index is 10.5. The summed E-state index contributed by atoms with van der Waals surface area (Å²) in [6.45, 7) is 1.59. The van der Waals surface area contributed by atoms with E-state index in [1.165, 1.54) is 11.8 Å². The van der Waals surface area contributed by atoms with E-state index < -0.39 is 0 Å². The zero-order valence-corrected chi connectivity index (χ0v) is 8.36. The zero-order chi connectivity index (χ0) is 9.23. The molecule has 2 nitrogen and oxygen atoms in total. The van der Waals surface area contributed by atoms with Gasteiger partial charge in [0.25, 0.3) is 0 Å². The van der Waals surface area contributed by atoms with Crippen LogP contribution in [-0.2, 0) is 9.59 Å². The maximum absolute atomic E-state index is 10.5. The second-order valence-electron chi connectivity index (χ2n) is 2.71. The molecule has 0 spiro atoms. The number of unbranched alkanes of at least 4 members (excludes halogenated alkanes) is 4. The number of hydrogen-bond donors (Lipinski definition) is 0. The minimum absolute atomic E-state index is 0.197. The van der Waals surface area contributed by atoms with Crippen LogP contribution in [0.5, 0.6) is 0 Å². The molecule has 3 heteroatoms. The molecule has 12 heavy (non-hydrogen) atoms. The molecular weight excluding hydrogens is 172 g/mol. The van der Waals surface area contributed by atoms with Crippen LogP contribution in [0, 0.1) is 0 Å². The lowest BCUT2D eigenvalue weighted by Gasteiger charge is -1.97. The Labute approximate surface area is 78.1 Å². The summed E-state index contributed by atoms with van der Waals surface area (Å²) in [5, 5.41) is 0.197. The van der Waals surface area contributed by atoms with Gasteiger partial charge in [-0.25, -0.2) is 0 Å². The number of carbonyl (C=O) groups excluding carboxylic acids is 2. The van der Waals surface area contributed by atoms with Gasteiger partial charge < -0.3 is 4.79 Å². The second kappa shape index (κ2) is 8.78. The van der Waals surface area contributed by atoms with Crippen molar-refractivity contribution in [1.29, 1.82) is 0 Å². The van der Waals surface area contributed by atoms with Crippen molar-refractivity contribution >= 4 is 23.2 Å². The predicted octanol–water partition coefficient (Wildman–Crippen LogP) is 2.42. The van der Waals surface area contributed by atoms with Gasteiger partial charge in [0.15, 0.2) is 5.12 Å². The standard InChI is InChI=1S/C9H16O2S/c1-9(11)12-8-6-4-2-3-5-7-10/h7H,2-6,8H2,1H3. The van der Waals surface area contributed by atoms with Crippen LogP contribution in [-0.4, -0.2) is 17.2 Å². The van der Waals surface area contributed by atoms with E-state index in [0.717, 1.165) is 37.7 Å². The Morgan fingerprint density at radius 1 is 1.25 bits per heavy atom. The van der Waals surface area contributed by atoms with Gasteiger partial charge >= 0.3 is 0 Å². The fraction of sp³-hybridized carbons (Fsp3) is 0.778. The van der Waals surface area contributed by atoms with Crippen molar-refractivity contribution in [2.75, 3.05) is 5.75 Å². The lowest BCUT2D eigenvalue weighted by Crippen LogP contribution is -1.87. The van der Waals surface area contributed by atoms with Crippen molar-refractivity contribution in [1.82, 2.24) is 0 Å². The summed E-state index contributed by atoms with van der Waals surface area (Å²) in [5.74, 6) is 0.927. The number of rotatable bonds is 7. The van der Waals surface area contributed by atoms with Crippen molar-refractivity contribution in [3.8, 4) is 0 Å². The van der Waals surface area contributed by atoms with E-state index in [2.05, 4.69) is 0 Å². The largest absolute Gasteiger partial charge is 0.303 e. The van der Waals surface area contributed by atoms with Crippen LogP contribution in [0.2, 0.25) is 0 Å². The summed E-state index contributed by atoms with van der Waals surface area (Å²) in [6, 6.07) is 0. The van der Waals surface area contributed by atoms with Crippen LogP contribution in [0.3, 0.4) is 0 Å². The minimum Gasteiger partial charge on any atom is -0.303 e.